The highest BCUT2D eigenvalue weighted by atomic mass is 16.5. The summed E-state index contributed by atoms with van der Waals surface area (Å²) in [6.45, 7) is 4.59. The molecular weight excluding hydrogens is 286 g/mol. The average molecular weight is 309 g/mol. The second-order valence-electron chi connectivity index (χ2n) is 6.33. The van der Waals surface area contributed by atoms with Crippen molar-refractivity contribution in [3.05, 3.63) is 71.3 Å². The molecule has 0 spiro atoms. The van der Waals surface area contributed by atoms with Gasteiger partial charge in [0, 0.05) is 25.6 Å². The zero-order chi connectivity index (χ0) is 16.2. The summed E-state index contributed by atoms with van der Waals surface area (Å²) in [5, 5.41) is 0. The van der Waals surface area contributed by atoms with Gasteiger partial charge in [0.15, 0.2) is 0 Å². The summed E-state index contributed by atoms with van der Waals surface area (Å²) in [5.74, 6) is 0.00400. The molecule has 0 bridgehead atoms. The van der Waals surface area contributed by atoms with Crippen molar-refractivity contribution in [2.75, 3.05) is 20.2 Å². The fourth-order valence-corrected chi connectivity index (χ4v) is 3.40. The van der Waals surface area contributed by atoms with Crippen molar-refractivity contribution in [1.29, 1.82) is 0 Å². The van der Waals surface area contributed by atoms with E-state index in [2.05, 4.69) is 60.4 Å². The van der Waals surface area contributed by atoms with Crippen molar-refractivity contribution in [3.63, 3.8) is 0 Å². The van der Waals surface area contributed by atoms with Gasteiger partial charge in [-0.3, -0.25) is 9.69 Å². The lowest BCUT2D eigenvalue weighted by Crippen LogP contribution is -2.24. The molecule has 3 heteroatoms. The lowest BCUT2D eigenvalue weighted by Gasteiger charge is -2.17. The smallest absolute Gasteiger partial charge is 0.310 e. The van der Waals surface area contributed by atoms with Gasteiger partial charge in [-0.25, -0.2) is 0 Å². The van der Waals surface area contributed by atoms with E-state index in [1.165, 1.54) is 23.8 Å². The first-order valence-electron chi connectivity index (χ1n) is 8.08. The summed E-state index contributed by atoms with van der Waals surface area (Å²) in [4.78, 5) is 14.6. The molecule has 2 atom stereocenters. The quantitative estimate of drug-likeness (QED) is 0.811. The molecule has 0 N–H and O–H groups in total. The Morgan fingerprint density at radius 1 is 1.09 bits per heavy atom. The van der Waals surface area contributed by atoms with Crippen LogP contribution in [-0.4, -0.2) is 31.1 Å². The van der Waals surface area contributed by atoms with Crippen LogP contribution in [0.5, 0.6) is 0 Å². The maximum Gasteiger partial charge on any atom is 0.310 e. The Kier molecular flexibility index (Phi) is 4.77. The number of carbonyl (C=O) groups is 1. The van der Waals surface area contributed by atoms with Crippen molar-refractivity contribution in [2.24, 2.45) is 5.92 Å². The highest BCUT2D eigenvalue weighted by Gasteiger charge is 2.39. The van der Waals surface area contributed by atoms with Gasteiger partial charge in [-0.2, -0.15) is 0 Å². The molecule has 1 aliphatic heterocycles. The van der Waals surface area contributed by atoms with Crippen LogP contribution in [0.25, 0.3) is 0 Å². The van der Waals surface area contributed by atoms with Crippen LogP contribution in [-0.2, 0) is 16.1 Å². The first kappa shape index (κ1) is 15.8. The third-order valence-electron chi connectivity index (χ3n) is 4.65. The molecule has 23 heavy (non-hydrogen) atoms. The molecule has 1 fully saturated rings. The van der Waals surface area contributed by atoms with E-state index < -0.39 is 0 Å². The number of likely N-dealkylation sites (tertiary alicyclic amines) is 1. The fraction of sp³-hybridized carbons (Fsp3) is 0.350. The molecule has 0 radical (unpaired) electrons. The molecule has 1 heterocycles. The maximum atomic E-state index is 12.2. The van der Waals surface area contributed by atoms with Gasteiger partial charge in [0.1, 0.15) is 0 Å². The Morgan fingerprint density at radius 3 is 2.43 bits per heavy atom. The fourth-order valence-electron chi connectivity index (χ4n) is 3.40. The number of hydrogen-bond donors (Lipinski definition) is 0. The van der Waals surface area contributed by atoms with E-state index in [9.17, 15) is 4.79 Å². The molecule has 0 aromatic heterocycles. The monoisotopic (exact) mass is 309 g/mol. The van der Waals surface area contributed by atoms with E-state index in [0.717, 1.165) is 19.6 Å². The highest BCUT2D eigenvalue weighted by molar-refractivity contribution is 5.74. The molecule has 120 valence electrons. The van der Waals surface area contributed by atoms with Crippen LogP contribution in [0.4, 0.5) is 0 Å². The summed E-state index contributed by atoms with van der Waals surface area (Å²) in [7, 11) is 1.48. The second kappa shape index (κ2) is 6.97. The number of rotatable bonds is 4. The van der Waals surface area contributed by atoms with Gasteiger partial charge in [-0.15, -0.1) is 0 Å². The summed E-state index contributed by atoms with van der Waals surface area (Å²) in [5.41, 5.74) is 3.74. The number of hydrogen-bond acceptors (Lipinski definition) is 3. The average Bonchev–Trinajstić information content (AvgIpc) is 2.99. The maximum absolute atomic E-state index is 12.2. The molecule has 3 rings (SSSR count). The Hall–Kier alpha value is -2.13. The van der Waals surface area contributed by atoms with Crippen LogP contribution in [0.15, 0.2) is 54.6 Å². The summed E-state index contributed by atoms with van der Waals surface area (Å²) >= 11 is 0. The van der Waals surface area contributed by atoms with Gasteiger partial charge in [-0.05, 0) is 18.1 Å². The molecule has 0 unspecified atom stereocenters. The predicted molar refractivity (Wildman–Crippen MR) is 91.1 cm³/mol. The highest BCUT2D eigenvalue weighted by Crippen LogP contribution is 2.34. The number of benzene rings is 2. The van der Waals surface area contributed by atoms with E-state index in [4.69, 9.17) is 4.74 Å². The van der Waals surface area contributed by atoms with Crippen molar-refractivity contribution < 1.29 is 9.53 Å². The second-order valence-corrected chi connectivity index (χ2v) is 6.33. The minimum Gasteiger partial charge on any atom is -0.469 e. The standard InChI is InChI=1S/C20H23NO2/c1-15-8-10-17(11-9-15)18-13-21(14-19(18)20(22)23-2)12-16-6-4-3-5-7-16/h3-11,18-19H,12-14H2,1-2H3/t18-,19+/m1/s1. The van der Waals surface area contributed by atoms with Crippen LogP contribution in [0.2, 0.25) is 0 Å². The topological polar surface area (TPSA) is 29.5 Å². The van der Waals surface area contributed by atoms with E-state index in [1.54, 1.807) is 0 Å². The van der Waals surface area contributed by atoms with E-state index in [1.807, 2.05) is 6.07 Å². The summed E-state index contributed by atoms with van der Waals surface area (Å²) in [6, 6.07) is 18.9. The van der Waals surface area contributed by atoms with Gasteiger partial charge < -0.3 is 4.74 Å². The lowest BCUT2D eigenvalue weighted by molar-refractivity contribution is -0.145. The number of aryl methyl sites for hydroxylation is 1. The SMILES string of the molecule is COC(=O)[C@H]1CN(Cc2ccccc2)C[C@@H]1c1ccc(C)cc1. The molecule has 2 aromatic rings. The van der Waals surface area contributed by atoms with Gasteiger partial charge >= 0.3 is 5.97 Å². The van der Waals surface area contributed by atoms with Crippen molar-refractivity contribution in [1.82, 2.24) is 4.90 Å². The van der Waals surface area contributed by atoms with Gasteiger partial charge in [-0.1, -0.05) is 60.2 Å². The van der Waals surface area contributed by atoms with Crippen LogP contribution < -0.4 is 0 Å². The zero-order valence-electron chi connectivity index (χ0n) is 13.7. The molecule has 2 aromatic carbocycles. The number of nitrogens with zero attached hydrogens (tertiary/aromatic N) is 1. The normalized spacial score (nSPS) is 21.3. The third kappa shape index (κ3) is 3.62. The number of esters is 1. The van der Waals surface area contributed by atoms with Crippen molar-refractivity contribution in [2.45, 2.75) is 19.4 Å². The summed E-state index contributed by atoms with van der Waals surface area (Å²) < 4.78 is 5.04. The lowest BCUT2D eigenvalue weighted by atomic mass is 9.88. The summed E-state index contributed by atoms with van der Waals surface area (Å²) in [6.07, 6.45) is 0. The molecule has 0 saturated carbocycles. The van der Waals surface area contributed by atoms with Gasteiger partial charge in [0.25, 0.3) is 0 Å². The Morgan fingerprint density at radius 2 is 1.78 bits per heavy atom. The molecule has 0 aliphatic carbocycles. The molecule has 3 nitrogen and oxygen atoms in total. The van der Waals surface area contributed by atoms with Crippen LogP contribution in [0.1, 0.15) is 22.6 Å². The number of ether oxygens (including phenoxy) is 1. The van der Waals surface area contributed by atoms with E-state index >= 15 is 0 Å². The van der Waals surface area contributed by atoms with E-state index in [-0.39, 0.29) is 17.8 Å². The first-order chi connectivity index (χ1) is 11.2. The molecule has 1 saturated heterocycles. The van der Waals surface area contributed by atoms with Crippen LogP contribution in [0.3, 0.4) is 0 Å². The van der Waals surface area contributed by atoms with Gasteiger partial charge in [0.05, 0.1) is 13.0 Å². The third-order valence-corrected chi connectivity index (χ3v) is 4.65. The van der Waals surface area contributed by atoms with Crippen molar-refractivity contribution in [3.8, 4) is 0 Å². The number of methoxy groups -OCH3 is 1. The first-order valence-corrected chi connectivity index (χ1v) is 8.08. The Balaban J connectivity index is 1.79. The Labute approximate surface area is 137 Å². The largest absolute Gasteiger partial charge is 0.469 e. The minimum atomic E-state index is -0.105. The number of carbonyl (C=O) groups excluding carboxylic acids is 1. The minimum absolute atomic E-state index is 0.0913. The molecular formula is C20H23NO2. The molecule has 1 aliphatic rings. The van der Waals surface area contributed by atoms with Crippen LogP contribution in [0, 0.1) is 12.8 Å². The predicted octanol–water partition coefficient (Wildman–Crippen LogP) is 3.38. The zero-order valence-corrected chi connectivity index (χ0v) is 13.7. The van der Waals surface area contributed by atoms with Crippen LogP contribution >= 0.6 is 0 Å². The molecule has 0 amide bonds. The van der Waals surface area contributed by atoms with E-state index in [0.29, 0.717) is 0 Å². The Bertz CT molecular complexity index is 651. The van der Waals surface area contributed by atoms with Gasteiger partial charge in [0.2, 0.25) is 0 Å². The van der Waals surface area contributed by atoms with Crippen molar-refractivity contribution >= 4 is 5.97 Å².